The summed E-state index contributed by atoms with van der Waals surface area (Å²) < 4.78 is 6.96. The Morgan fingerprint density at radius 2 is 2.06 bits per heavy atom. The number of hydrogen-bond donors (Lipinski definition) is 1. The molecular weight excluding hydrogens is 208 g/mol. The van der Waals surface area contributed by atoms with Gasteiger partial charge < -0.3 is 10.5 Å². The molecule has 0 radical (unpaired) electrons. The molecule has 0 spiro atoms. The van der Waals surface area contributed by atoms with Crippen LogP contribution in [-0.4, -0.2) is 24.7 Å². The Morgan fingerprint density at radius 1 is 1.31 bits per heavy atom. The highest BCUT2D eigenvalue weighted by molar-refractivity contribution is 5.44. The van der Waals surface area contributed by atoms with Gasteiger partial charge in [-0.3, -0.25) is 4.68 Å². The number of nitrogens with two attached hydrogens (primary N) is 1. The highest BCUT2D eigenvalue weighted by Gasteiger charge is 2.10. The predicted octanol–water partition coefficient (Wildman–Crippen LogP) is 0.596. The van der Waals surface area contributed by atoms with Crippen molar-refractivity contribution < 1.29 is 4.74 Å². The fourth-order valence-corrected chi connectivity index (χ4v) is 1.18. The number of hydrogen-bond acceptors (Lipinski definition) is 6. The largest absolute Gasteiger partial charge is 0.404 e. The second kappa shape index (κ2) is 3.76. The van der Waals surface area contributed by atoms with Crippen molar-refractivity contribution in [3.05, 3.63) is 17.7 Å². The summed E-state index contributed by atoms with van der Waals surface area (Å²) in [6.07, 6.45) is 1.54. The van der Waals surface area contributed by atoms with Crippen molar-refractivity contribution in [1.29, 1.82) is 0 Å². The van der Waals surface area contributed by atoms with E-state index in [0.29, 0.717) is 23.1 Å². The Morgan fingerprint density at radius 3 is 2.69 bits per heavy atom. The van der Waals surface area contributed by atoms with Gasteiger partial charge in [0.1, 0.15) is 18.0 Å². The Hall–Kier alpha value is -2.18. The first-order valence-electron chi connectivity index (χ1n) is 4.70. The van der Waals surface area contributed by atoms with Crippen molar-refractivity contribution >= 4 is 5.82 Å². The quantitative estimate of drug-likeness (QED) is 0.796. The molecule has 0 amide bonds. The van der Waals surface area contributed by atoms with Gasteiger partial charge in [-0.1, -0.05) is 0 Å². The summed E-state index contributed by atoms with van der Waals surface area (Å²) in [5, 5.41) is 3.99. The highest BCUT2D eigenvalue weighted by atomic mass is 16.5. The van der Waals surface area contributed by atoms with E-state index < -0.39 is 0 Å². The Bertz CT molecular complexity index is 521. The number of ether oxygens (including phenoxy) is 1. The Kier molecular flexibility index (Phi) is 2.43. The van der Waals surface area contributed by atoms with Crippen LogP contribution in [0, 0.1) is 13.8 Å². The van der Waals surface area contributed by atoms with Crippen LogP contribution in [0.1, 0.15) is 11.4 Å². The standard InChI is InChI=1S/C9H12N6O/c1-5-7(10)12-6(2)13-8(5)16-9-11-4-15(3)14-9/h4H,1-3H3,(H2,10,12,13). The lowest BCUT2D eigenvalue weighted by Gasteiger charge is -2.06. The topological polar surface area (TPSA) is 91.7 Å². The minimum atomic E-state index is 0.239. The van der Waals surface area contributed by atoms with Gasteiger partial charge in [0.2, 0.25) is 5.88 Å². The molecule has 0 aliphatic rings. The van der Waals surface area contributed by atoms with Gasteiger partial charge in [-0.15, -0.1) is 5.10 Å². The summed E-state index contributed by atoms with van der Waals surface area (Å²) in [5.41, 5.74) is 6.38. The van der Waals surface area contributed by atoms with E-state index in [0.717, 1.165) is 0 Å². The molecule has 7 nitrogen and oxygen atoms in total. The van der Waals surface area contributed by atoms with Crippen molar-refractivity contribution in [2.75, 3.05) is 5.73 Å². The van der Waals surface area contributed by atoms with E-state index in [2.05, 4.69) is 20.1 Å². The molecule has 84 valence electrons. The average Bonchev–Trinajstić information content (AvgIpc) is 2.60. The molecule has 16 heavy (non-hydrogen) atoms. The SMILES string of the molecule is Cc1nc(N)c(C)c(Oc2ncn(C)n2)n1. The van der Waals surface area contributed by atoms with Crippen LogP contribution in [0.4, 0.5) is 5.82 Å². The molecular formula is C9H12N6O. The van der Waals surface area contributed by atoms with Crippen LogP contribution in [0.5, 0.6) is 11.9 Å². The van der Waals surface area contributed by atoms with Crippen LogP contribution in [-0.2, 0) is 7.05 Å². The number of aryl methyl sites for hydroxylation is 2. The van der Waals surface area contributed by atoms with Crippen LogP contribution in [0.2, 0.25) is 0 Å². The summed E-state index contributed by atoms with van der Waals surface area (Å²) in [6.45, 7) is 3.53. The van der Waals surface area contributed by atoms with Gasteiger partial charge in [-0.2, -0.15) is 9.97 Å². The van der Waals surface area contributed by atoms with Crippen molar-refractivity contribution in [3.8, 4) is 11.9 Å². The second-order valence-electron chi connectivity index (χ2n) is 3.39. The van der Waals surface area contributed by atoms with E-state index in [1.807, 2.05) is 0 Å². The molecule has 0 fully saturated rings. The molecule has 0 saturated heterocycles. The van der Waals surface area contributed by atoms with Crippen LogP contribution in [0.3, 0.4) is 0 Å². The third-order valence-electron chi connectivity index (χ3n) is 2.02. The molecule has 2 aromatic heterocycles. The number of nitrogen functional groups attached to an aromatic ring is 1. The monoisotopic (exact) mass is 220 g/mol. The van der Waals surface area contributed by atoms with Gasteiger partial charge in [0.25, 0.3) is 0 Å². The molecule has 2 aromatic rings. The van der Waals surface area contributed by atoms with Crippen LogP contribution in [0.15, 0.2) is 6.33 Å². The fraction of sp³-hybridized carbons (Fsp3) is 0.333. The van der Waals surface area contributed by atoms with Crippen LogP contribution in [0.25, 0.3) is 0 Å². The van der Waals surface area contributed by atoms with Gasteiger partial charge in [-0.05, 0) is 13.8 Å². The van der Waals surface area contributed by atoms with E-state index in [-0.39, 0.29) is 6.01 Å². The molecule has 0 aliphatic heterocycles. The normalized spacial score (nSPS) is 10.4. The summed E-state index contributed by atoms with van der Waals surface area (Å²) in [7, 11) is 1.76. The molecule has 2 rings (SSSR count). The Balaban J connectivity index is 2.34. The first-order valence-corrected chi connectivity index (χ1v) is 4.70. The van der Waals surface area contributed by atoms with Gasteiger partial charge in [0, 0.05) is 7.05 Å². The zero-order valence-electron chi connectivity index (χ0n) is 9.30. The molecule has 2 N–H and O–H groups in total. The minimum absolute atomic E-state index is 0.239. The maximum absolute atomic E-state index is 5.70. The molecule has 7 heteroatoms. The first kappa shape index (κ1) is 10.3. The predicted molar refractivity (Wildman–Crippen MR) is 57.0 cm³/mol. The maximum Gasteiger partial charge on any atom is 0.342 e. The molecule has 0 aliphatic carbocycles. The number of nitrogens with zero attached hydrogens (tertiary/aromatic N) is 5. The molecule has 0 unspecified atom stereocenters. The Labute approximate surface area is 92.3 Å². The first-order chi connectivity index (χ1) is 7.56. The van der Waals surface area contributed by atoms with Crippen molar-refractivity contribution in [2.45, 2.75) is 13.8 Å². The zero-order valence-corrected chi connectivity index (χ0v) is 9.30. The lowest BCUT2D eigenvalue weighted by molar-refractivity contribution is 0.417. The van der Waals surface area contributed by atoms with Gasteiger partial charge in [0.15, 0.2) is 0 Å². The van der Waals surface area contributed by atoms with Crippen molar-refractivity contribution in [1.82, 2.24) is 24.7 Å². The molecule has 0 aromatic carbocycles. The van der Waals surface area contributed by atoms with Crippen molar-refractivity contribution in [2.24, 2.45) is 7.05 Å². The van der Waals surface area contributed by atoms with Gasteiger partial charge in [-0.25, -0.2) is 4.98 Å². The van der Waals surface area contributed by atoms with Gasteiger partial charge in [0.05, 0.1) is 5.56 Å². The molecule has 0 saturated carbocycles. The summed E-state index contributed by atoms with van der Waals surface area (Å²) in [6, 6.07) is 0.239. The fourth-order valence-electron chi connectivity index (χ4n) is 1.18. The van der Waals surface area contributed by atoms with E-state index in [9.17, 15) is 0 Å². The van der Waals surface area contributed by atoms with Gasteiger partial charge >= 0.3 is 6.01 Å². The number of rotatable bonds is 2. The van der Waals surface area contributed by atoms with Crippen LogP contribution < -0.4 is 10.5 Å². The number of aromatic nitrogens is 5. The number of anilines is 1. The lowest BCUT2D eigenvalue weighted by Crippen LogP contribution is -2.03. The summed E-state index contributed by atoms with van der Waals surface area (Å²) in [5.74, 6) is 1.34. The average molecular weight is 220 g/mol. The van der Waals surface area contributed by atoms with E-state index in [1.54, 1.807) is 31.9 Å². The summed E-state index contributed by atoms with van der Waals surface area (Å²) in [4.78, 5) is 12.1. The highest BCUT2D eigenvalue weighted by Crippen LogP contribution is 2.22. The lowest BCUT2D eigenvalue weighted by atomic mass is 10.3. The summed E-state index contributed by atoms with van der Waals surface area (Å²) >= 11 is 0. The second-order valence-corrected chi connectivity index (χ2v) is 3.39. The minimum Gasteiger partial charge on any atom is -0.404 e. The van der Waals surface area contributed by atoms with E-state index >= 15 is 0 Å². The maximum atomic E-state index is 5.70. The van der Waals surface area contributed by atoms with E-state index in [4.69, 9.17) is 10.5 Å². The molecule has 2 heterocycles. The molecule has 0 atom stereocenters. The third kappa shape index (κ3) is 1.92. The van der Waals surface area contributed by atoms with Crippen LogP contribution >= 0.6 is 0 Å². The van der Waals surface area contributed by atoms with E-state index in [1.165, 1.54) is 0 Å². The van der Waals surface area contributed by atoms with Crippen molar-refractivity contribution in [3.63, 3.8) is 0 Å². The smallest absolute Gasteiger partial charge is 0.342 e. The zero-order chi connectivity index (χ0) is 11.7. The molecule has 0 bridgehead atoms. The third-order valence-corrected chi connectivity index (χ3v) is 2.02.